The standard InChI is InChI=1S/C33H33N7O3.C24H20N6O2.C9H14ClNO/c1-37(23-9-6-10-23)20-8-15-29(41)38(2)25-11-7-12-26(21-25)40-32-30(31(34)35-22-36-32)39(33(40)42)24-16-18-28(19-17-24)43-27-13-4-3-5-14-27;1-26-16-6-5-7-18(14-16)30-23-21(22(25)27-15-28-23)29(24(30)31)17-10-12-20(13-11-17)32-19-8-3-2-4-9-19;1-11(8-4-2-5-8)7-3-6-9(10)12/h3-5,7-8,11-19,21-23H,6,9-10,20H2,1-2H3,(H2,34,35,36);2-15,26H,1H3,(H2,25,27,28);3,6,8H,2,4-5,7H2,1H3/b15-8+;;6-3+. The van der Waals surface area contributed by atoms with E-state index in [2.05, 4.69) is 49.1 Å². The van der Waals surface area contributed by atoms with Gasteiger partial charge in [0.1, 0.15) is 46.7 Å². The minimum absolute atomic E-state index is 0.154. The van der Waals surface area contributed by atoms with E-state index >= 15 is 0 Å². The van der Waals surface area contributed by atoms with Gasteiger partial charge in [-0.15, -0.1) is 0 Å². The van der Waals surface area contributed by atoms with Crippen molar-refractivity contribution in [3.8, 4) is 45.7 Å². The molecule has 2 fully saturated rings. The molecule has 2 aliphatic rings. The summed E-state index contributed by atoms with van der Waals surface area (Å²) >= 11 is 5.14. The van der Waals surface area contributed by atoms with Crippen LogP contribution in [0.3, 0.4) is 0 Å². The molecule has 0 bridgehead atoms. The number of para-hydroxylation sites is 2. The molecule has 10 aromatic rings. The van der Waals surface area contributed by atoms with Crippen molar-refractivity contribution in [2.75, 3.05) is 63.0 Å². The summed E-state index contributed by atoms with van der Waals surface area (Å²) in [7, 11) is 7.70. The van der Waals surface area contributed by atoms with Crippen molar-refractivity contribution in [3.63, 3.8) is 0 Å². The van der Waals surface area contributed by atoms with E-state index in [1.165, 1.54) is 75.5 Å². The Labute approximate surface area is 507 Å². The summed E-state index contributed by atoms with van der Waals surface area (Å²) in [5.41, 5.74) is 17.4. The molecule has 0 unspecified atom stereocenters. The number of hydrogen-bond acceptors (Lipinski definition) is 15. The molecule has 0 saturated heterocycles. The zero-order valence-corrected chi connectivity index (χ0v) is 49.4. The first kappa shape index (κ1) is 60.0. The van der Waals surface area contributed by atoms with E-state index in [0.717, 1.165) is 30.6 Å². The molecule has 0 atom stereocenters. The Balaban J connectivity index is 0.000000166. The van der Waals surface area contributed by atoms with E-state index in [4.69, 9.17) is 32.5 Å². The van der Waals surface area contributed by atoms with Crippen LogP contribution in [0, 0.1) is 0 Å². The zero-order chi connectivity index (χ0) is 61.0. The van der Waals surface area contributed by atoms with Gasteiger partial charge >= 0.3 is 11.4 Å². The number of benzene rings is 6. The predicted octanol–water partition coefficient (Wildman–Crippen LogP) is 10.7. The number of anilines is 4. The number of ether oxygens (including phenoxy) is 2. The molecule has 0 aliphatic heterocycles. The van der Waals surface area contributed by atoms with Crippen LogP contribution < -0.4 is 42.5 Å². The maximum atomic E-state index is 14.0. The van der Waals surface area contributed by atoms with Gasteiger partial charge in [-0.2, -0.15) is 0 Å². The number of nitrogens with two attached hydrogens (primary N) is 2. The third-order valence-electron chi connectivity index (χ3n) is 15.3. The molecule has 0 radical (unpaired) electrons. The Morgan fingerprint density at radius 1 is 0.552 bits per heavy atom. The molecule has 2 saturated carbocycles. The first-order valence-corrected chi connectivity index (χ1v) is 28.9. The number of nitrogen functional groups attached to an aromatic ring is 2. The number of imidazole rings is 2. The van der Waals surface area contributed by atoms with Crippen LogP contribution in [0.25, 0.3) is 45.1 Å². The van der Waals surface area contributed by atoms with E-state index in [1.807, 2.05) is 110 Å². The topological polar surface area (TPSA) is 232 Å². The normalized spacial score (nSPS) is 13.2. The van der Waals surface area contributed by atoms with Crippen molar-refractivity contribution >= 4 is 68.1 Å². The number of nitrogens with zero attached hydrogens (tertiary/aromatic N) is 11. The van der Waals surface area contributed by atoms with Gasteiger partial charge in [0.05, 0.1) is 22.7 Å². The third kappa shape index (κ3) is 14.0. The summed E-state index contributed by atoms with van der Waals surface area (Å²) in [5, 5.41) is 2.70. The summed E-state index contributed by atoms with van der Waals surface area (Å²) in [5.74, 6) is 2.96. The van der Waals surface area contributed by atoms with Crippen molar-refractivity contribution in [1.29, 1.82) is 0 Å². The molecule has 4 heterocycles. The lowest BCUT2D eigenvalue weighted by Crippen LogP contribution is -2.37. The van der Waals surface area contributed by atoms with Gasteiger partial charge in [-0.05, 0) is 167 Å². The number of hydrogen-bond donors (Lipinski definition) is 3. The lowest BCUT2D eigenvalue weighted by Gasteiger charge is -2.33. The molecule has 12 rings (SSSR count). The monoisotopic (exact) mass is 1190 g/mol. The lowest BCUT2D eigenvalue weighted by molar-refractivity contribution is -0.114. The number of rotatable bonds is 18. The number of nitrogens with one attached hydrogen (secondary N) is 1. The quantitative estimate of drug-likeness (QED) is 0.0536. The Morgan fingerprint density at radius 3 is 1.43 bits per heavy atom. The molecule has 6 aromatic carbocycles. The van der Waals surface area contributed by atoms with Gasteiger partial charge in [0, 0.05) is 56.7 Å². The fourth-order valence-corrected chi connectivity index (χ4v) is 10.2. The number of amides is 1. The van der Waals surface area contributed by atoms with Crippen LogP contribution in [0.4, 0.5) is 23.0 Å². The second-order valence-corrected chi connectivity index (χ2v) is 21.3. The van der Waals surface area contributed by atoms with Crippen LogP contribution >= 0.6 is 11.6 Å². The molecule has 1 amide bonds. The van der Waals surface area contributed by atoms with Crippen molar-refractivity contribution in [2.45, 2.75) is 50.6 Å². The summed E-state index contributed by atoms with van der Waals surface area (Å²) in [4.78, 5) is 74.0. The minimum Gasteiger partial charge on any atom is -0.457 e. The second-order valence-electron chi connectivity index (χ2n) is 21.0. The lowest BCUT2D eigenvalue weighted by atomic mass is 9.92. The van der Waals surface area contributed by atoms with Gasteiger partial charge in [-0.1, -0.05) is 73.5 Å². The van der Waals surface area contributed by atoms with E-state index in [1.54, 1.807) is 84.8 Å². The van der Waals surface area contributed by atoms with E-state index in [9.17, 15) is 19.2 Å². The fourth-order valence-electron chi connectivity index (χ4n) is 10.1. The summed E-state index contributed by atoms with van der Waals surface area (Å²) < 4.78 is 17.8. The molecule has 4 aromatic heterocycles. The van der Waals surface area contributed by atoms with Gasteiger partial charge in [0.25, 0.3) is 0 Å². The third-order valence-corrected chi connectivity index (χ3v) is 15.5. The number of aromatic nitrogens is 8. The number of carbonyl (C=O) groups is 2. The number of carbonyl (C=O) groups excluding carboxylic acids is 2. The fraction of sp³-hybridized carbons (Fsp3) is 0.212. The van der Waals surface area contributed by atoms with Gasteiger partial charge in [-0.25, -0.2) is 38.7 Å². The van der Waals surface area contributed by atoms with Crippen molar-refractivity contribution in [1.82, 2.24) is 48.0 Å². The molecule has 2 aliphatic carbocycles. The second kappa shape index (κ2) is 27.7. The molecule has 21 heteroatoms. The van der Waals surface area contributed by atoms with Gasteiger partial charge in [0.2, 0.25) is 11.1 Å². The summed E-state index contributed by atoms with van der Waals surface area (Å²) in [6.07, 6.45) is 17.0. The van der Waals surface area contributed by atoms with Crippen LogP contribution in [-0.2, 0) is 9.59 Å². The predicted molar refractivity (Wildman–Crippen MR) is 343 cm³/mol. The number of fused-ring (bicyclic) bond motifs is 2. The number of allylic oxidation sites excluding steroid dienone is 1. The van der Waals surface area contributed by atoms with Crippen LogP contribution in [0.5, 0.6) is 23.0 Å². The van der Waals surface area contributed by atoms with Crippen molar-refractivity contribution in [2.24, 2.45) is 0 Å². The minimum atomic E-state index is -0.392. The molecular formula is C66H67ClN14O6. The average Bonchev–Trinajstić information content (AvgIpc) is 1.67. The van der Waals surface area contributed by atoms with Gasteiger partial charge in [0.15, 0.2) is 22.9 Å². The van der Waals surface area contributed by atoms with Gasteiger partial charge in [-0.3, -0.25) is 28.5 Å². The Hall–Kier alpha value is -10.2. The average molecular weight is 1190 g/mol. The molecule has 0 spiro atoms. The first-order valence-electron chi connectivity index (χ1n) is 28.5. The number of likely N-dealkylation sites (N-methyl/N-ethyl adjacent to an activating group) is 3. The highest BCUT2D eigenvalue weighted by molar-refractivity contribution is 6.66. The highest BCUT2D eigenvalue weighted by Crippen LogP contribution is 2.30. The van der Waals surface area contributed by atoms with Crippen LogP contribution in [-0.4, -0.2) is 113 Å². The molecule has 20 nitrogen and oxygen atoms in total. The van der Waals surface area contributed by atoms with E-state index in [-0.39, 0.29) is 28.9 Å². The highest BCUT2D eigenvalue weighted by atomic mass is 35.5. The maximum absolute atomic E-state index is 14.0. The zero-order valence-electron chi connectivity index (χ0n) is 48.7. The van der Waals surface area contributed by atoms with Crippen LogP contribution in [0.2, 0.25) is 0 Å². The van der Waals surface area contributed by atoms with E-state index < -0.39 is 5.24 Å². The van der Waals surface area contributed by atoms with Crippen LogP contribution in [0.1, 0.15) is 38.5 Å². The highest BCUT2D eigenvalue weighted by Gasteiger charge is 2.25. The SMILES string of the molecule is CN(C(=O)/C=C/CN(C)C1CCC1)c1cccc(-n2c(=O)n(-c3ccc(Oc4ccccc4)cc3)c3c(N)ncnc32)c1.CN(C/C=C/C(=O)Cl)C1CCC1.CNc1cccc(-n2c(=O)n(-c3ccc(Oc4ccccc4)cc3)c3c(N)ncnc32)c1. The van der Waals surface area contributed by atoms with Gasteiger partial charge < -0.3 is 31.2 Å². The van der Waals surface area contributed by atoms with Crippen molar-refractivity contribution < 1.29 is 19.1 Å². The maximum Gasteiger partial charge on any atom is 0.339 e. The largest absolute Gasteiger partial charge is 0.457 e. The van der Waals surface area contributed by atoms with Crippen molar-refractivity contribution in [3.05, 3.63) is 216 Å². The number of halogens is 1. The smallest absolute Gasteiger partial charge is 0.339 e. The molecular weight excluding hydrogens is 1120 g/mol. The van der Waals surface area contributed by atoms with E-state index in [0.29, 0.717) is 74.1 Å². The first-order chi connectivity index (χ1) is 42.3. The Bertz CT molecular complexity index is 4200. The molecule has 87 heavy (non-hydrogen) atoms. The molecule has 5 N–H and O–H groups in total. The Kier molecular flexibility index (Phi) is 19.1. The Morgan fingerprint density at radius 2 is 0.989 bits per heavy atom. The molecule has 444 valence electrons. The van der Waals surface area contributed by atoms with Crippen LogP contribution in [0.15, 0.2) is 204 Å². The summed E-state index contributed by atoms with van der Waals surface area (Å²) in [6.45, 7) is 1.54. The summed E-state index contributed by atoms with van der Waals surface area (Å²) in [6, 6.07) is 49.4.